The van der Waals surface area contributed by atoms with Gasteiger partial charge < -0.3 is 50.0 Å². The number of carbonyl (C=O) groups excluding carboxylic acids is 2. The summed E-state index contributed by atoms with van der Waals surface area (Å²) in [4.78, 5) is 41.1. The number of likely N-dealkylation sites (tertiary alicyclic amines) is 1. The van der Waals surface area contributed by atoms with Gasteiger partial charge in [-0.05, 0) is 25.8 Å². The fraction of sp³-hybridized carbons (Fsp3) is 0.591. The van der Waals surface area contributed by atoms with E-state index in [0.29, 0.717) is 31.8 Å². The van der Waals surface area contributed by atoms with E-state index in [2.05, 4.69) is 24.1 Å². The number of fused-ring (bicyclic) bond motifs is 1. The maximum absolute atomic E-state index is 14.6. The van der Waals surface area contributed by atoms with E-state index in [1.54, 1.807) is 65.8 Å². The van der Waals surface area contributed by atoms with Gasteiger partial charge in [0.15, 0.2) is 11.4 Å². The number of rotatable bonds is 3. The van der Waals surface area contributed by atoms with Crippen molar-refractivity contribution in [2.45, 2.75) is 111 Å². The number of benzene rings is 2. The van der Waals surface area contributed by atoms with E-state index < -0.39 is 77.0 Å². The summed E-state index contributed by atoms with van der Waals surface area (Å²) in [6, 6.07) is 0. The van der Waals surface area contributed by atoms with Gasteiger partial charge in [0.1, 0.15) is 22.5 Å². The first-order valence-electron chi connectivity index (χ1n) is 20.3. The number of hydrogen-bond acceptors (Lipinski definition) is 13. The molecule has 1 spiro atoms. The Labute approximate surface area is 339 Å². The van der Waals surface area contributed by atoms with Gasteiger partial charge in [-0.3, -0.25) is 19.6 Å². The number of nitrogens with zero attached hydrogens (tertiary/aromatic N) is 3. The minimum Gasteiger partial charge on any atom is -0.507 e. The second-order valence-corrected chi connectivity index (χ2v) is 17.4. The molecule has 316 valence electrons. The average molecular weight is 805 g/mol. The number of allylic oxidation sites excluding steroid dienone is 2. The number of nitrogens with one attached hydrogen (secondary N) is 1. The largest absolute Gasteiger partial charge is 0.507 e. The van der Waals surface area contributed by atoms with Gasteiger partial charge in [-0.2, -0.15) is 0 Å². The molecule has 6 rings (SSSR count). The number of aromatic hydroxyl groups is 2. The number of piperidine rings is 1. The SMILES string of the molecule is COC1/C=C\OC2(C)Oc3c(C)c(O)c4c(O)c(c5c(c4c3C2=O)=NC2(CCN(CC(C)C)CC2)N=5)NC(=O)/C(C)=C\C=C/C(C)C(O)C(C)C(O)C(C)C(O)C1C. The normalized spacial score (nSPS) is 33.9. The fourth-order valence-corrected chi connectivity index (χ4v) is 8.81. The van der Waals surface area contributed by atoms with Crippen LogP contribution in [0.15, 0.2) is 46.1 Å². The molecule has 1 saturated heterocycles. The van der Waals surface area contributed by atoms with Crippen LogP contribution < -0.4 is 20.8 Å². The van der Waals surface area contributed by atoms with Gasteiger partial charge in [-0.25, -0.2) is 0 Å². The third kappa shape index (κ3) is 7.65. The zero-order chi connectivity index (χ0) is 42.6. The molecule has 58 heavy (non-hydrogen) atoms. The highest BCUT2D eigenvalue weighted by Crippen LogP contribution is 2.50. The highest BCUT2D eigenvalue weighted by Gasteiger charge is 2.50. The van der Waals surface area contributed by atoms with E-state index in [4.69, 9.17) is 24.2 Å². The van der Waals surface area contributed by atoms with E-state index in [9.17, 15) is 35.1 Å². The molecule has 2 aromatic rings. The number of ether oxygens (including phenoxy) is 3. The van der Waals surface area contributed by atoms with Gasteiger partial charge in [-0.15, -0.1) is 0 Å². The Kier molecular flexibility index (Phi) is 12.2. The molecule has 14 heteroatoms. The average Bonchev–Trinajstić information content (AvgIpc) is 3.69. The monoisotopic (exact) mass is 804 g/mol. The van der Waals surface area contributed by atoms with Crippen LogP contribution in [0, 0.1) is 36.5 Å². The molecule has 4 aliphatic heterocycles. The van der Waals surface area contributed by atoms with Crippen LogP contribution in [-0.2, 0) is 14.3 Å². The van der Waals surface area contributed by atoms with Gasteiger partial charge in [-0.1, -0.05) is 59.8 Å². The first kappa shape index (κ1) is 43.2. The highest BCUT2D eigenvalue weighted by molar-refractivity contribution is 6.19. The van der Waals surface area contributed by atoms with Crippen molar-refractivity contribution in [3.63, 3.8) is 0 Å². The van der Waals surface area contributed by atoms with Crippen molar-refractivity contribution < 1.29 is 49.3 Å². The minimum atomic E-state index is -1.93. The molecule has 0 aromatic heterocycles. The van der Waals surface area contributed by atoms with E-state index in [0.717, 1.165) is 6.54 Å². The standard InChI is InChI=1S/C44H60N4O10/c1-21(2)20-48-17-15-44(16-18-48)46-32-29-30-38(52)27(8)40-31(29)41(54)43(9,58-40)57-19-14-28(56-10)24(5)36(50)26(7)37(51)25(6)35(49)22(3)12-11-13-23(4)42(55)45-34(39(30)53)33(32)47-44/h11-14,19,21-22,24-26,28,35-37,49-53H,15-18,20H2,1-10H3,(H,45,55)/b12-11-,19-14-,23-13-. The number of phenolic OH excluding ortho intramolecular Hbond substituents is 2. The van der Waals surface area contributed by atoms with E-state index in [-0.39, 0.29) is 55.4 Å². The summed E-state index contributed by atoms with van der Waals surface area (Å²) in [7, 11) is 1.47. The number of methoxy groups -OCH3 is 1. The van der Waals surface area contributed by atoms with Crippen LogP contribution in [0.5, 0.6) is 17.2 Å². The molecule has 4 bridgehead atoms. The maximum Gasteiger partial charge on any atom is 0.312 e. The van der Waals surface area contributed by atoms with Crippen LogP contribution in [0.2, 0.25) is 0 Å². The summed E-state index contributed by atoms with van der Waals surface area (Å²) in [5.74, 6) is -5.71. The Hall–Kier alpha value is -4.34. The number of phenols is 2. The molecule has 0 radical (unpaired) electrons. The molecule has 9 atom stereocenters. The van der Waals surface area contributed by atoms with Crippen molar-refractivity contribution in [3.8, 4) is 17.2 Å². The maximum atomic E-state index is 14.6. The third-order valence-electron chi connectivity index (χ3n) is 12.6. The van der Waals surface area contributed by atoms with Crippen LogP contribution in [-0.4, -0.2) is 105 Å². The molecular formula is C44H60N4O10. The summed E-state index contributed by atoms with van der Waals surface area (Å²) in [6.45, 7) is 18.2. The second kappa shape index (κ2) is 16.4. The van der Waals surface area contributed by atoms with Crippen LogP contribution >= 0.6 is 0 Å². The zero-order valence-corrected chi connectivity index (χ0v) is 35.2. The third-order valence-corrected chi connectivity index (χ3v) is 12.6. The number of aliphatic hydroxyl groups excluding tert-OH is 3. The van der Waals surface area contributed by atoms with Gasteiger partial charge in [0.2, 0.25) is 0 Å². The van der Waals surface area contributed by atoms with Crippen molar-refractivity contribution in [2.24, 2.45) is 39.6 Å². The Morgan fingerprint density at radius 3 is 2.17 bits per heavy atom. The van der Waals surface area contributed by atoms with Crippen molar-refractivity contribution in [1.82, 2.24) is 4.90 Å². The lowest BCUT2D eigenvalue weighted by molar-refractivity contribution is -0.112. The molecule has 6 N–H and O–H groups in total. The van der Waals surface area contributed by atoms with Crippen molar-refractivity contribution in [3.05, 3.63) is 58.0 Å². The molecule has 0 aliphatic carbocycles. The van der Waals surface area contributed by atoms with Gasteiger partial charge >= 0.3 is 5.79 Å². The van der Waals surface area contributed by atoms with Crippen LogP contribution in [0.4, 0.5) is 5.69 Å². The number of aliphatic hydroxyl groups is 3. The molecule has 0 saturated carbocycles. The summed E-state index contributed by atoms with van der Waals surface area (Å²) in [6.07, 6.45) is 4.98. The predicted octanol–water partition coefficient (Wildman–Crippen LogP) is 4.18. The van der Waals surface area contributed by atoms with Crippen molar-refractivity contribution >= 4 is 28.2 Å². The molecule has 1 fully saturated rings. The molecule has 4 aliphatic rings. The van der Waals surface area contributed by atoms with Gasteiger partial charge in [0.05, 0.1) is 47.0 Å². The molecular weight excluding hydrogens is 745 g/mol. The number of carbonyl (C=O) groups is 2. The number of ketones is 1. The van der Waals surface area contributed by atoms with E-state index in [1.165, 1.54) is 20.3 Å². The summed E-state index contributed by atoms with van der Waals surface area (Å²) < 4.78 is 18.0. The lowest BCUT2D eigenvalue weighted by Gasteiger charge is -2.36. The summed E-state index contributed by atoms with van der Waals surface area (Å²) in [5.41, 5.74) is -0.508. The molecule has 9 unspecified atom stereocenters. The molecule has 14 nitrogen and oxygen atoms in total. The van der Waals surface area contributed by atoms with Crippen molar-refractivity contribution in [1.29, 1.82) is 0 Å². The van der Waals surface area contributed by atoms with Crippen LogP contribution in [0.25, 0.3) is 10.8 Å². The highest BCUT2D eigenvalue weighted by atomic mass is 16.7. The number of amides is 1. The van der Waals surface area contributed by atoms with Gasteiger partial charge in [0.25, 0.3) is 11.7 Å². The topological polar surface area (TPSA) is 203 Å². The van der Waals surface area contributed by atoms with E-state index in [1.807, 2.05) is 0 Å². The van der Waals surface area contributed by atoms with Crippen molar-refractivity contribution in [2.75, 3.05) is 32.1 Å². The number of Topliss-reactive ketones (excluding diaryl/α,β-unsaturated/α-hetero) is 1. The van der Waals surface area contributed by atoms with Gasteiger partial charge in [0, 0.05) is 86.7 Å². The predicted molar refractivity (Wildman–Crippen MR) is 218 cm³/mol. The fourth-order valence-electron chi connectivity index (χ4n) is 8.81. The summed E-state index contributed by atoms with van der Waals surface area (Å²) >= 11 is 0. The number of hydrogen-bond donors (Lipinski definition) is 6. The molecule has 2 aromatic carbocycles. The zero-order valence-electron chi connectivity index (χ0n) is 35.2. The lowest BCUT2D eigenvalue weighted by atomic mass is 9.78. The molecule has 1 amide bonds. The quantitative estimate of drug-likeness (QED) is 0.243. The Morgan fingerprint density at radius 1 is 0.914 bits per heavy atom. The first-order valence-corrected chi connectivity index (χ1v) is 20.3. The van der Waals surface area contributed by atoms with E-state index >= 15 is 0 Å². The Morgan fingerprint density at radius 2 is 1.53 bits per heavy atom. The lowest BCUT2D eigenvalue weighted by Crippen LogP contribution is -2.44. The number of anilines is 1. The Bertz CT molecular complexity index is 2170. The van der Waals surface area contributed by atoms with Crippen LogP contribution in [0.3, 0.4) is 0 Å². The first-order chi connectivity index (χ1) is 27.3. The summed E-state index contributed by atoms with van der Waals surface area (Å²) in [5, 5.41) is 61.1. The van der Waals surface area contributed by atoms with Crippen LogP contribution in [0.1, 0.15) is 84.2 Å². The minimum absolute atomic E-state index is 0.0467. The smallest absolute Gasteiger partial charge is 0.312 e. The molecule has 4 heterocycles. The Balaban J connectivity index is 1.54. The second-order valence-electron chi connectivity index (χ2n) is 17.4.